The van der Waals surface area contributed by atoms with E-state index in [2.05, 4.69) is 15.0 Å². The van der Waals surface area contributed by atoms with Crippen molar-refractivity contribution in [2.24, 2.45) is 0 Å². The maximum absolute atomic E-state index is 12.4. The molecular weight excluding hydrogens is 333 g/mol. The molecule has 25 heavy (non-hydrogen) atoms. The highest BCUT2D eigenvalue weighted by molar-refractivity contribution is 6.05. The van der Waals surface area contributed by atoms with Crippen LogP contribution in [0.4, 0.5) is 13.2 Å². The summed E-state index contributed by atoms with van der Waals surface area (Å²) in [4.78, 5) is 16.6. The second kappa shape index (κ2) is 6.80. The van der Waals surface area contributed by atoms with Crippen molar-refractivity contribution < 1.29 is 22.7 Å². The van der Waals surface area contributed by atoms with Gasteiger partial charge in [0.1, 0.15) is 5.75 Å². The summed E-state index contributed by atoms with van der Waals surface area (Å²) in [5.74, 6) is -0.610. The Morgan fingerprint density at radius 2 is 1.76 bits per heavy atom. The zero-order valence-electron chi connectivity index (χ0n) is 12.9. The summed E-state index contributed by atoms with van der Waals surface area (Å²) in [5.41, 5.74) is 1.68. The van der Waals surface area contributed by atoms with Crippen LogP contribution in [0.5, 0.6) is 5.75 Å². The molecule has 0 fully saturated rings. The average molecular weight is 346 g/mol. The van der Waals surface area contributed by atoms with E-state index in [9.17, 15) is 18.0 Å². The number of rotatable bonds is 4. The lowest BCUT2D eigenvalue weighted by atomic mass is 10.1. The second-order valence-corrected chi connectivity index (χ2v) is 5.26. The van der Waals surface area contributed by atoms with Crippen LogP contribution in [0.1, 0.15) is 15.9 Å². The van der Waals surface area contributed by atoms with Crippen LogP contribution < -0.4 is 10.1 Å². The number of nitrogens with zero attached hydrogens (tertiary/aromatic N) is 1. The molecule has 1 N–H and O–H groups in total. The van der Waals surface area contributed by atoms with Gasteiger partial charge >= 0.3 is 6.36 Å². The Balaban J connectivity index is 1.68. The molecular formula is C18H13F3N2O2. The van der Waals surface area contributed by atoms with Crippen molar-refractivity contribution in [2.45, 2.75) is 12.9 Å². The van der Waals surface area contributed by atoms with Gasteiger partial charge in [-0.05, 0) is 29.8 Å². The summed E-state index contributed by atoms with van der Waals surface area (Å²) >= 11 is 0. The van der Waals surface area contributed by atoms with Crippen LogP contribution in [0.3, 0.4) is 0 Å². The number of carbonyl (C=O) groups is 1. The Morgan fingerprint density at radius 1 is 1.04 bits per heavy atom. The number of halogens is 3. The Morgan fingerprint density at radius 3 is 2.48 bits per heavy atom. The number of carbonyl (C=O) groups excluding carboxylic acids is 1. The van der Waals surface area contributed by atoms with Gasteiger partial charge in [-0.3, -0.25) is 9.78 Å². The highest BCUT2D eigenvalue weighted by Gasteiger charge is 2.30. The van der Waals surface area contributed by atoms with E-state index in [0.717, 1.165) is 5.39 Å². The fourth-order valence-electron chi connectivity index (χ4n) is 2.37. The number of amides is 1. The van der Waals surface area contributed by atoms with Crippen molar-refractivity contribution >= 4 is 16.8 Å². The molecule has 2 aromatic carbocycles. The lowest BCUT2D eigenvalue weighted by Crippen LogP contribution is -2.23. The van der Waals surface area contributed by atoms with Gasteiger partial charge in [-0.25, -0.2) is 0 Å². The predicted molar refractivity (Wildman–Crippen MR) is 86.0 cm³/mol. The van der Waals surface area contributed by atoms with Gasteiger partial charge in [0.2, 0.25) is 0 Å². The molecule has 0 saturated carbocycles. The van der Waals surface area contributed by atoms with Crippen LogP contribution in [0, 0.1) is 0 Å². The summed E-state index contributed by atoms with van der Waals surface area (Å²) in [6.07, 6.45) is -3.12. The Hall–Kier alpha value is -3.09. The van der Waals surface area contributed by atoms with Gasteiger partial charge in [0, 0.05) is 18.1 Å². The molecule has 0 bridgehead atoms. The van der Waals surface area contributed by atoms with Gasteiger partial charge in [0.15, 0.2) is 0 Å². The van der Waals surface area contributed by atoms with Crippen LogP contribution >= 0.6 is 0 Å². The first-order chi connectivity index (χ1) is 11.9. The fourth-order valence-corrected chi connectivity index (χ4v) is 2.37. The minimum absolute atomic E-state index is 0.175. The van der Waals surface area contributed by atoms with E-state index >= 15 is 0 Å². The monoisotopic (exact) mass is 346 g/mol. The summed E-state index contributed by atoms with van der Waals surface area (Å²) in [6.45, 7) is 0.175. The first kappa shape index (κ1) is 16.8. The molecule has 0 aliphatic rings. The number of fused-ring (bicyclic) bond motifs is 1. The molecule has 1 heterocycles. The lowest BCUT2D eigenvalue weighted by molar-refractivity contribution is -0.274. The van der Waals surface area contributed by atoms with Crippen molar-refractivity contribution in [1.82, 2.24) is 10.3 Å². The molecule has 0 aliphatic heterocycles. The number of ether oxygens (including phenoxy) is 1. The predicted octanol–water partition coefficient (Wildman–Crippen LogP) is 4.06. The van der Waals surface area contributed by atoms with Gasteiger partial charge in [-0.1, -0.05) is 30.3 Å². The molecule has 4 nitrogen and oxygen atoms in total. The molecule has 0 spiro atoms. The Bertz CT molecular complexity index is 887. The first-order valence-electron chi connectivity index (χ1n) is 7.39. The maximum atomic E-state index is 12.4. The van der Waals surface area contributed by atoms with Crippen LogP contribution in [0.2, 0.25) is 0 Å². The SMILES string of the molecule is O=C(NCc1ccc(OC(F)(F)F)cc1)c1cccc2cccnc12. The Kier molecular flexibility index (Phi) is 4.56. The standard InChI is InChI=1S/C18H13F3N2O2/c19-18(20,21)25-14-8-6-12(7-9-14)11-23-17(24)15-5-1-3-13-4-2-10-22-16(13)15/h1-10H,11H2,(H,23,24). The summed E-state index contributed by atoms with van der Waals surface area (Å²) in [7, 11) is 0. The van der Waals surface area contributed by atoms with E-state index in [1.807, 2.05) is 12.1 Å². The van der Waals surface area contributed by atoms with E-state index in [-0.39, 0.29) is 18.2 Å². The normalized spacial score (nSPS) is 11.3. The van der Waals surface area contributed by atoms with Gasteiger partial charge in [0.05, 0.1) is 11.1 Å². The molecule has 3 rings (SSSR count). The largest absolute Gasteiger partial charge is 0.573 e. The van der Waals surface area contributed by atoms with Crippen molar-refractivity contribution in [3.8, 4) is 5.75 Å². The number of para-hydroxylation sites is 1. The van der Waals surface area contributed by atoms with Crippen molar-refractivity contribution in [3.63, 3.8) is 0 Å². The highest BCUT2D eigenvalue weighted by atomic mass is 19.4. The molecule has 0 atom stereocenters. The molecule has 0 aliphatic carbocycles. The topological polar surface area (TPSA) is 51.2 Å². The minimum Gasteiger partial charge on any atom is -0.406 e. The molecule has 7 heteroatoms. The fraction of sp³-hybridized carbons (Fsp3) is 0.111. The van der Waals surface area contributed by atoms with Gasteiger partial charge in [0.25, 0.3) is 5.91 Å². The number of nitrogens with one attached hydrogen (secondary N) is 1. The number of benzene rings is 2. The van der Waals surface area contributed by atoms with Crippen LogP contribution in [-0.2, 0) is 6.54 Å². The maximum Gasteiger partial charge on any atom is 0.573 e. The molecule has 1 aromatic heterocycles. The summed E-state index contributed by atoms with van der Waals surface area (Å²) in [6, 6.07) is 14.3. The molecule has 0 unspecified atom stereocenters. The zero-order chi connectivity index (χ0) is 17.9. The van der Waals surface area contributed by atoms with Crippen molar-refractivity contribution in [3.05, 3.63) is 71.9 Å². The smallest absolute Gasteiger partial charge is 0.406 e. The van der Waals surface area contributed by atoms with Crippen molar-refractivity contribution in [2.75, 3.05) is 0 Å². The summed E-state index contributed by atoms with van der Waals surface area (Å²) < 4.78 is 40.2. The van der Waals surface area contributed by atoms with Crippen LogP contribution in [0.15, 0.2) is 60.8 Å². The van der Waals surface area contributed by atoms with Gasteiger partial charge in [-0.2, -0.15) is 0 Å². The quantitative estimate of drug-likeness (QED) is 0.775. The van der Waals surface area contributed by atoms with E-state index in [0.29, 0.717) is 16.6 Å². The zero-order valence-corrected chi connectivity index (χ0v) is 12.9. The molecule has 1 amide bonds. The number of hydrogen-bond donors (Lipinski definition) is 1. The van der Waals surface area contributed by atoms with Gasteiger partial charge in [-0.15, -0.1) is 13.2 Å². The second-order valence-electron chi connectivity index (χ2n) is 5.26. The molecule has 3 aromatic rings. The molecule has 0 radical (unpaired) electrons. The third kappa shape index (κ3) is 4.26. The summed E-state index contributed by atoms with van der Waals surface area (Å²) in [5, 5.41) is 3.58. The van der Waals surface area contributed by atoms with Crippen LogP contribution in [-0.4, -0.2) is 17.3 Å². The number of pyridine rings is 1. The van der Waals surface area contributed by atoms with E-state index in [4.69, 9.17) is 0 Å². The third-order valence-electron chi connectivity index (χ3n) is 3.49. The number of hydrogen-bond acceptors (Lipinski definition) is 3. The number of aromatic nitrogens is 1. The third-order valence-corrected chi connectivity index (χ3v) is 3.49. The average Bonchev–Trinajstić information content (AvgIpc) is 2.59. The Labute approximate surface area is 141 Å². The molecule has 128 valence electrons. The van der Waals surface area contributed by atoms with E-state index < -0.39 is 6.36 Å². The van der Waals surface area contributed by atoms with E-state index in [1.54, 1.807) is 24.4 Å². The number of alkyl halides is 3. The lowest BCUT2D eigenvalue weighted by Gasteiger charge is -2.10. The van der Waals surface area contributed by atoms with E-state index in [1.165, 1.54) is 24.3 Å². The van der Waals surface area contributed by atoms with Crippen molar-refractivity contribution in [1.29, 1.82) is 0 Å². The first-order valence-corrected chi connectivity index (χ1v) is 7.39. The highest BCUT2D eigenvalue weighted by Crippen LogP contribution is 2.22. The van der Waals surface area contributed by atoms with Gasteiger partial charge < -0.3 is 10.1 Å². The minimum atomic E-state index is -4.73. The molecule has 0 saturated heterocycles. The van der Waals surface area contributed by atoms with Crippen LogP contribution in [0.25, 0.3) is 10.9 Å².